The fourth-order valence-electron chi connectivity index (χ4n) is 1.34. The summed E-state index contributed by atoms with van der Waals surface area (Å²) in [6.07, 6.45) is 0. The normalized spacial score (nSPS) is 12.7. The van der Waals surface area contributed by atoms with Gasteiger partial charge in [-0.25, -0.2) is 4.39 Å². The van der Waals surface area contributed by atoms with Crippen LogP contribution in [0, 0.1) is 5.82 Å². The highest BCUT2D eigenvalue weighted by Gasteiger charge is 2.11. The Labute approximate surface area is 99.9 Å². The third-order valence-electron chi connectivity index (χ3n) is 2.15. The second-order valence-corrected chi connectivity index (χ2v) is 5.00. The Morgan fingerprint density at radius 3 is 2.73 bits per heavy atom. The molecule has 2 aromatic rings. The van der Waals surface area contributed by atoms with E-state index < -0.39 is 0 Å². The zero-order chi connectivity index (χ0) is 10.8. The van der Waals surface area contributed by atoms with Gasteiger partial charge in [0, 0.05) is 4.88 Å². The van der Waals surface area contributed by atoms with Gasteiger partial charge < -0.3 is 5.73 Å². The third-order valence-corrected chi connectivity index (χ3v) is 3.72. The number of thiophene rings is 1. The van der Waals surface area contributed by atoms with Gasteiger partial charge in [0.2, 0.25) is 0 Å². The maximum atomic E-state index is 13.0. The summed E-state index contributed by atoms with van der Waals surface area (Å²) in [5.74, 6) is -0.267. The molecule has 1 nitrogen and oxygen atoms in total. The molecule has 0 bridgehead atoms. The summed E-state index contributed by atoms with van der Waals surface area (Å²) >= 11 is 4.75. The first-order chi connectivity index (χ1) is 7.18. The van der Waals surface area contributed by atoms with Crippen LogP contribution in [0.15, 0.2) is 40.2 Å². The molecule has 0 spiro atoms. The van der Waals surface area contributed by atoms with Crippen LogP contribution in [-0.2, 0) is 0 Å². The standard InChI is InChI=1S/C11H9BrFNS/c12-8-6-7(3-4-9(8)13)11(14)10-2-1-5-15-10/h1-6,11H,14H2/t11-/m0/s1. The van der Waals surface area contributed by atoms with Crippen molar-refractivity contribution in [2.45, 2.75) is 6.04 Å². The molecule has 0 aliphatic carbocycles. The number of benzene rings is 1. The first-order valence-corrected chi connectivity index (χ1v) is 6.09. The van der Waals surface area contributed by atoms with E-state index in [-0.39, 0.29) is 11.9 Å². The van der Waals surface area contributed by atoms with E-state index in [1.165, 1.54) is 6.07 Å². The zero-order valence-electron chi connectivity index (χ0n) is 7.78. The molecule has 15 heavy (non-hydrogen) atoms. The number of hydrogen-bond donors (Lipinski definition) is 1. The summed E-state index contributed by atoms with van der Waals surface area (Å²) < 4.78 is 13.5. The molecule has 0 radical (unpaired) electrons. The van der Waals surface area contributed by atoms with Crippen LogP contribution in [0.2, 0.25) is 0 Å². The fourth-order valence-corrected chi connectivity index (χ4v) is 2.49. The van der Waals surface area contributed by atoms with Crippen LogP contribution in [0.3, 0.4) is 0 Å². The average Bonchev–Trinajstić information content (AvgIpc) is 2.74. The van der Waals surface area contributed by atoms with Crippen LogP contribution in [0.25, 0.3) is 0 Å². The van der Waals surface area contributed by atoms with Crippen LogP contribution < -0.4 is 5.73 Å². The second kappa shape index (κ2) is 4.43. The van der Waals surface area contributed by atoms with E-state index in [2.05, 4.69) is 15.9 Å². The fraction of sp³-hybridized carbons (Fsp3) is 0.0909. The maximum absolute atomic E-state index is 13.0. The van der Waals surface area contributed by atoms with Gasteiger partial charge in [-0.05, 0) is 45.1 Å². The lowest BCUT2D eigenvalue weighted by Crippen LogP contribution is -2.10. The van der Waals surface area contributed by atoms with Crippen molar-refractivity contribution in [3.63, 3.8) is 0 Å². The lowest BCUT2D eigenvalue weighted by atomic mass is 10.1. The van der Waals surface area contributed by atoms with E-state index in [0.717, 1.165) is 10.4 Å². The zero-order valence-corrected chi connectivity index (χ0v) is 10.2. The molecule has 1 heterocycles. The molecule has 0 unspecified atom stereocenters. The van der Waals surface area contributed by atoms with Gasteiger partial charge in [-0.1, -0.05) is 12.1 Å². The SMILES string of the molecule is N[C@@H](c1ccc(F)c(Br)c1)c1cccs1. The van der Waals surface area contributed by atoms with Crippen LogP contribution in [-0.4, -0.2) is 0 Å². The Kier molecular flexibility index (Phi) is 3.19. The molecule has 1 aromatic heterocycles. The van der Waals surface area contributed by atoms with Gasteiger partial charge in [0.15, 0.2) is 0 Å². The van der Waals surface area contributed by atoms with Crippen molar-refractivity contribution in [1.29, 1.82) is 0 Å². The molecule has 4 heteroatoms. The van der Waals surface area contributed by atoms with Crippen molar-refractivity contribution in [3.05, 3.63) is 56.4 Å². The van der Waals surface area contributed by atoms with E-state index in [4.69, 9.17) is 5.73 Å². The van der Waals surface area contributed by atoms with E-state index in [0.29, 0.717) is 4.47 Å². The highest BCUT2D eigenvalue weighted by atomic mass is 79.9. The minimum absolute atomic E-state index is 0.179. The number of halogens is 2. The van der Waals surface area contributed by atoms with Crippen molar-refractivity contribution in [3.8, 4) is 0 Å². The van der Waals surface area contributed by atoms with Crippen LogP contribution >= 0.6 is 27.3 Å². The Morgan fingerprint density at radius 1 is 1.33 bits per heavy atom. The van der Waals surface area contributed by atoms with Crippen LogP contribution in [0.5, 0.6) is 0 Å². The van der Waals surface area contributed by atoms with Gasteiger partial charge in [0.05, 0.1) is 10.5 Å². The lowest BCUT2D eigenvalue weighted by molar-refractivity contribution is 0.619. The van der Waals surface area contributed by atoms with E-state index >= 15 is 0 Å². The van der Waals surface area contributed by atoms with Gasteiger partial charge in [-0.2, -0.15) is 0 Å². The van der Waals surface area contributed by atoms with Crippen molar-refractivity contribution < 1.29 is 4.39 Å². The smallest absolute Gasteiger partial charge is 0.137 e. The van der Waals surface area contributed by atoms with E-state index in [9.17, 15) is 4.39 Å². The Balaban J connectivity index is 2.34. The molecule has 1 aromatic carbocycles. The Hall–Kier alpha value is -0.710. The minimum Gasteiger partial charge on any atom is -0.320 e. The minimum atomic E-state index is -0.267. The molecule has 1 atom stereocenters. The third kappa shape index (κ3) is 2.27. The van der Waals surface area contributed by atoms with Gasteiger partial charge in [-0.3, -0.25) is 0 Å². The topological polar surface area (TPSA) is 26.0 Å². The molecule has 2 rings (SSSR count). The lowest BCUT2D eigenvalue weighted by Gasteiger charge is -2.10. The molecule has 2 N–H and O–H groups in total. The quantitative estimate of drug-likeness (QED) is 0.895. The first kappa shape index (κ1) is 10.8. The predicted molar refractivity (Wildman–Crippen MR) is 64.4 cm³/mol. The molecule has 0 aliphatic rings. The molecule has 0 saturated heterocycles. The Morgan fingerprint density at radius 2 is 2.13 bits per heavy atom. The summed E-state index contributed by atoms with van der Waals surface area (Å²) in [6, 6.07) is 8.61. The van der Waals surface area contributed by atoms with Crippen molar-refractivity contribution in [2.75, 3.05) is 0 Å². The van der Waals surface area contributed by atoms with Gasteiger partial charge >= 0.3 is 0 Å². The summed E-state index contributed by atoms with van der Waals surface area (Å²) in [7, 11) is 0. The predicted octanol–water partition coefficient (Wildman–Crippen LogP) is 3.70. The van der Waals surface area contributed by atoms with Crippen LogP contribution in [0.4, 0.5) is 4.39 Å². The van der Waals surface area contributed by atoms with Crippen molar-refractivity contribution >= 4 is 27.3 Å². The second-order valence-electron chi connectivity index (χ2n) is 3.17. The number of rotatable bonds is 2. The molecule has 78 valence electrons. The number of nitrogens with two attached hydrogens (primary N) is 1. The maximum Gasteiger partial charge on any atom is 0.137 e. The largest absolute Gasteiger partial charge is 0.320 e. The summed E-state index contributed by atoms with van der Waals surface area (Å²) in [4.78, 5) is 1.08. The van der Waals surface area contributed by atoms with Crippen LogP contribution in [0.1, 0.15) is 16.5 Å². The number of hydrogen-bond acceptors (Lipinski definition) is 2. The van der Waals surface area contributed by atoms with Crippen molar-refractivity contribution in [2.24, 2.45) is 5.73 Å². The molecular weight excluding hydrogens is 277 g/mol. The molecule has 0 fully saturated rings. The van der Waals surface area contributed by atoms with Crippen molar-refractivity contribution in [1.82, 2.24) is 0 Å². The summed E-state index contributed by atoms with van der Waals surface area (Å²) in [6.45, 7) is 0. The summed E-state index contributed by atoms with van der Waals surface area (Å²) in [5.41, 5.74) is 6.95. The summed E-state index contributed by atoms with van der Waals surface area (Å²) in [5, 5.41) is 1.98. The van der Waals surface area contributed by atoms with Gasteiger partial charge in [0.25, 0.3) is 0 Å². The monoisotopic (exact) mass is 285 g/mol. The Bertz CT molecular complexity index is 456. The van der Waals surface area contributed by atoms with Gasteiger partial charge in [0.1, 0.15) is 5.82 Å². The van der Waals surface area contributed by atoms with Gasteiger partial charge in [-0.15, -0.1) is 11.3 Å². The molecule has 0 aliphatic heterocycles. The highest BCUT2D eigenvalue weighted by molar-refractivity contribution is 9.10. The highest BCUT2D eigenvalue weighted by Crippen LogP contribution is 2.26. The first-order valence-electron chi connectivity index (χ1n) is 4.42. The molecule has 0 amide bonds. The van der Waals surface area contributed by atoms with E-state index in [1.54, 1.807) is 23.5 Å². The average molecular weight is 286 g/mol. The van der Waals surface area contributed by atoms with E-state index in [1.807, 2.05) is 17.5 Å². The molecule has 0 saturated carbocycles. The molecular formula is C11H9BrFNS.